The highest BCUT2D eigenvalue weighted by molar-refractivity contribution is 5.94. The summed E-state index contributed by atoms with van der Waals surface area (Å²) < 4.78 is 0. The SMILES string of the molecule is CN1CCC(N(C)c2ncc(N)cc2C(=O)O)CC1. The zero-order valence-electron chi connectivity index (χ0n) is 11.3. The van der Waals surface area contributed by atoms with Crippen LogP contribution in [-0.4, -0.2) is 54.2 Å². The first-order valence-corrected chi connectivity index (χ1v) is 6.39. The van der Waals surface area contributed by atoms with Gasteiger partial charge in [0.15, 0.2) is 0 Å². The molecule has 1 aliphatic heterocycles. The Kier molecular flexibility index (Phi) is 3.90. The number of aromatic carboxylic acids is 1. The van der Waals surface area contributed by atoms with E-state index < -0.39 is 5.97 Å². The number of carbonyl (C=O) groups is 1. The lowest BCUT2D eigenvalue weighted by Gasteiger charge is -2.36. The first-order valence-electron chi connectivity index (χ1n) is 6.39. The van der Waals surface area contributed by atoms with E-state index in [9.17, 15) is 9.90 Å². The van der Waals surface area contributed by atoms with Gasteiger partial charge in [-0.1, -0.05) is 0 Å². The number of nitrogens with zero attached hydrogens (tertiary/aromatic N) is 3. The largest absolute Gasteiger partial charge is 0.478 e. The number of aromatic nitrogens is 1. The number of hydrogen-bond acceptors (Lipinski definition) is 5. The zero-order chi connectivity index (χ0) is 14.0. The van der Waals surface area contributed by atoms with Crippen molar-refractivity contribution in [2.24, 2.45) is 0 Å². The van der Waals surface area contributed by atoms with Gasteiger partial charge < -0.3 is 20.6 Å². The fourth-order valence-electron chi connectivity index (χ4n) is 2.47. The minimum Gasteiger partial charge on any atom is -0.478 e. The van der Waals surface area contributed by atoms with Gasteiger partial charge in [-0.2, -0.15) is 0 Å². The Hall–Kier alpha value is -1.82. The Balaban J connectivity index is 2.23. The molecule has 6 nitrogen and oxygen atoms in total. The average Bonchev–Trinajstić information content (AvgIpc) is 2.38. The number of nitrogens with two attached hydrogens (primary N) is 1. The van der Waals surface area contributed by atoms with E-state index in [0.717, 1.165) is 25.9 Å². The fraction of sp³-hybridized carbons (Fsp3) is 0.538. The summed E-state index contributed by atoms with van der Waals surface area (Å²) in [5.41, 5.74) is 6.15. The van der Waals surface area contributed by atoms with Crippen LogP contribution in [0.2, 0.25) is 0 Å². The first kappa shape index (κ1) is 13.6. The zero-order valence-corrected chi connectivity index (χ0v) is 11.3. The molecule has 0 bridgehead atoms. The molecule has 0 spiro atoms. The maximum Gasteiger partial charge on any atom is 0.339 e. The second-order valence-corrected chi connectivity index (χ2v) is 5.09. The van der Waals surface area contributed by atoms with Crippen molar-refractivity contribution >= 4 is 17.5 Å². The molecule has 3 N–H and O–H groups in total. The van der Waals surface area contributed by atoms with Crippen LogP contribution in [0.1, 0.15) is 23.2 Å². The maximum atomic E-state index is 11.3. The molecule has 0 saturated carbocycles. The van der Waals surface area contributed by atoms with Gasteiger partial charge >= 0.3 is 5.97 Å². The number of pyridine rings is 1. The molecule has 1 aromatic rings. The van der Waals surface area contributed by atoms with Gasteiger partial charge in [0.1, 0.15) is 11.4 Å². The molecule has 0 unspecified atom stereocenters. The molecule has 0 radical (unpaired) electrons. The molecular weight excluding hydrogens is 244 g/mol. The lowest BCUT2D eigenvalue weighted by Crippen LogP contribution is -2.42. The molecule has 0 amide bonds. The molecule has 1 saturated heterocycles. The van der Waals surface area contributed by atoms with E-state index in [1.165, 1.54) is 12.3 Å². The number of carboxylic acids is 1. The van der Waals surface area contributed by atoms with Crippen molar-refractivity contribution in [1.82, 2.24) is 9.88 Å². The number of carboxylic acid groups (broad SMARTS) is 1. The van der Waals surface area contributed by atoms with Crippen LogP contribution < -0.4 is 10.6 Å². The van der Waals surface area contributed by atoms with E-state index >= 15 is 0 Å². The normalized spacial score (nSPS) is 17.4. The summed E-state index contributed by atoms with van der Waals surface area (Å²) in [6, 6.07) is 1.79. The predicted octanol–water partition coefficient (Wildman–Crippen LogP) is 0.892. The number of rotatable bonds is 3. The third-order valence-electron chi connectivity index (χ3n) is 3.69. The van der Waals surface area contributed by atoms with Crippen molar-refractivity contribution in [3.05, 3.63) is 17.8 Å². The number of nitrogen functional groups attached to an aromatic ring is 1. The molecule has 1 aliphatic rings. The van der Waals surface area contributed by atoms with Crippen LogP contribution in [0, 0.1) is 0 Å². The third kappa shape index (κ3) is 2.96. The molecule has 1 aromatic heterocycles. The van der Waals surface area contributed by atoms with Crippen molar-refractivity contribution in [3.8, 4) is 0 Å². The Bertz CT molecular complexity index is 470. The summed E-state index contributed by atoms with van der Waals surface area (Å²) in [6.45, 7) is 2.04. The van der Waals surface area contributed by atoms with Crippen LogP contribution in [0.3, 0.4) is 0 Å². The highest BCUT2D eigenvalue weighted by Gasteiger charge is 2.24. The van der Waals surface area contributed by atoms with E-state index in [2.05, 4.69) is 16.9 Å². The second kappa shape index (κ2) is 5.44. The van der Waals surface area contributed by atoms with Crippen LogP contribution in [0.25, 0.3) is 0 Å². The minimum atomic E-state index is -0.991. The van der Waals surface area contributed by atoms with Gasteiger partial charge in [-0.25, -0.2) is 9.78 Å². The van der Waals surface area contributed by atoms with E-state index in [1.54, 1.807) is 0 Å². The first-order chi connectivity index (χ1) is 8.99. The molecule has 0 aliphatic carbocycles. The fourth-order valence-corrected chi connectivity index (χ4v) is 2.47. The van der Waals surface area contributed by atoms with Crippen molar-refractivity contribution in [2.45, 2.75) is 18.9 Å². The Labute approximate surface area is 112 Å². The summed E-state index contributed by atoms with van der Waals surface area (Å²) >= 11 is 0. The van der Waals surface area contributed by atoms with E-state index in [-0.39, 0.29) is 5.56 Å². The van der Waals surface area contributed by atoms with Crippen molar-refractivity contribution < 1.29 is 9.90 Å². The maximum absolute atomic E-state index is 11.3. The third-order valence-corrected chi connectivity index (χ3v) is 3.69. The molecule has 104 valence electrons. The van der Waals surface area contributed by atoms with Crippen LogP contribution in [0.15, 0.2) is 12.3 Å². The molecule has 0 aromatic carbocycles. The van der Waals surface area contributed by atoms with Gasteiger partial charge in [0.25, 0.3) is 0 Å². The Morgan fingerprint density at radius 1 is 1.53 bits per heavy atom. The molecule has 2 heterocycles. The summed E-state index contributed by atoms with van der Waals surface area (Å²) in [6.07, 6.45) is 3.53. The molecular formula is C13H20N4O2. The van der Waals surface area contributed by atoms with Crippen LogP contribution in [0.4, 0.5) is 11.5 Å². The monoisotopic (exact) mass is 264 g/mol. The number of anilines is 2. The van der Waals surface area contributed by atoms with Gasteiger partial charge in [0.2, 0.25) is 0 Å². The molecule has 19 heavy (non-hydrogen) atoms. The van der Waals surface area contributed by atoms with E-state index in [1.807, 2.05) is 11.9 Å². The van der Waals surface area contributed by atoms with Crippen molar-refractivity contribution in [2.75, 3.05) is 37.8 Å². The Morgan fingerprint density at radius 2 is 2.16 bits per heavy atom. The highest BCUT2D eigenvalue weighted by Crippen LogP contribution is 2.24. The topological polar surface area (TPSA) is 82.7 Å². The van der Waals surface area contributed by atoms with Gasteiger partial charge in [-0.15, -0.1) is 0 Å². The summed E-state index contributed by atoms with van der Waals surface area (Å²) in [4.78, 5) is 19.7. The molecule has 1 fully saturated rings. The van der Waals surface area contributed by atoms with Crippen molar-refractivity contribution in [3.63, 3.8) is 0 Å². The average molecular weight is 264 g/mol. The van der Waals surface area contributed by atoms with E-state index in [4.69, 9.17) is 5.73 Å². The molecule has 0 atom stereocenters. The standard InChI is InChI=1S/C13H20N4O2/c1-16-5-3-10(4-6-16)17(2)12-11(13(18)19)7-9(14)8-15-12/h7-8,10H,3-6,14H2,1-2H3,(H,18,19). The van der Waals surface area contributed by atoms with Gasteiger partial charge in [0.05, 0.1) is 11.9 Å². The van der Waals surface area contributed by atoms with Gasteiger partial charge in [-0.05, 0) is 39.0 Å². The quantitative estimate of drug-likeness (QED) is 0.843. The Morgan fingerprint density at radius 3 is 2.74 bits per heavy atom. The predicted molar refractivity (Wildman–Crippen MR) is 74.5 cm³/mol. The molecule has 2 rings (SSSR count). The van der Waals surface area contributed by atoms with Crippen LogP contribution in [-0.2, 0) is 0 Å². The summed E-state index contributed by atoms with van der Waals surface area (Å²) in [5, 5.41) is 9.25. The number of hydrogen-bond donors (Lipinski definition) is 2. The van der Waals surface area contributed by atoms with E-state index in [0.29, 0.717) is 17.5 Å². The number of piperidine rings is 1. The van der Waals surface area contributed by atoms with Crippen LogP contribution >= 0.6 is 0 Å². The lowest BCUT2D eigenvalue weighted by molar-refractivity contribution is 0.0697. The second-order valence-electron chi connectivity index (χ2n) is 5.09. The summed E-state index contributed by atoms with van der Waals surface area (Å²) in [5.74, 6) is -0.495. The van der Waals surface area contributed by atoms with Crippen LogP contribution in [0.5, 0.6) is 0 Å². The number of likely N-dealkylation sites (tertiary alicyclic amines) is 1. The minimum absolute atomic E-state index is 0.168. The lowest BCUT2D eigenvalue weighted by atomic mass is 10.0. The highest BCUT2D eigenvalue weighted by atomic mass is 16.4. The van der Waals surface area contributed by atoms with Gasteiger partial charge in [-0.3, -0.25) is 0 Å². The van der Waals surface area contributed by atoms with Crippen molar-refractivity contribution in [1.29, 1.82) is 0 Å². The summed E-state index contributed by atoms with van der Waals surface area (Å²) in [7, 11) is 4.00. The van der Waals surface area contributed by atoms with Gasteiger partial charge in [0, 0.05) is 13.1 Å². The smallest absolute Gasteiger partial charge is 0.339 e. The molecule has 6 heteroatoms.